The Morgan fingerprint density at radius 2 is 1.55 bits per heavy atom. The Labute approximate surface area is 123 Å². The van der Waals surface area contributed by atoms with Gasteiger partial charge in [-0.15, -0.1) is 0 Å². The molecule has 0 atom stereocenters. The lowest BCUT2D eigenvalue weighted by molar-refractivity contribution is 0.0706. The quantitative estimate of drug-likeness (QED) is 0.443. The summed E-state index contributed by atoms with van der Waals surface area (Å²) in [5.74, 6) is 0. The van der Waals surface area contributed by atoms with Crippen molar-refractivity contribution in [3.8, 4) is 0 Å². The van der Waals surface area contributed by atoms with Crippen LogP contribution in [0.15, 0.2) is 0 Å². The molecule has 7 heteroatoms. The Bertz CT molecular complexity index is 236. The number of amides is 1. The summed E-state index contributed by atoms with van der Waals surface area (Å²) in [6.45, 7) is 10.4. The third kappa shape index (κ3) is 8.52. The molecule has 0 unspecified atom stereocenters. The molecule has 1 N–H and O–H groups in total. The number of carbonyl (C=O) groups excluding carboxylic acids is 1. The van der Waals surface area contributed by atoms with E-state index in [1.165, 1.54) is 0 Å². The topological polar surface area (TPSA) is 66.0 Å². The molecule has 0 rings (SSSR count). The average Bonchev–Trinajstić information content (AvgIpc) is 2.42. The molecule has 20 heavy (non-hydrogen) atoms. The van der Waals surface area contributed by atoms with Crippen LogP contribution in [0.25, 0.3) is 0 Å². The molecule has 120 valence electrons. The van der Waals surface area contributed by atoms with Gasteiger partial charge in [-0.05, 0) is 33.6 Å². The molecular formula is C13H29NO5Si. The fourth-order valence-corrected chi connectivity index (χ4v) is 4.35. The number of ether oxygens (including phenoxy) is 1. The SMILES string of the molecule is CCCOC(=O)NCCC[Si](OCC)(OCC)OCC. The van der Waals surface area contributed by atoms with E-state index in [0.29, 0.717) is 39.0 Å². The van der Waals surface area contributed by atoms with Crippen molar-refractivity contribution < 1.29 is 22.8 Å². The van der Waals surface area contributed by atoms with Crippen LogP contribution in [-0.4, -0.2) is 47.9 Å². The Morgan fingerprint density at radius 1 is 1.00 bits per heavy atom. The van der Waals surface area contributed by atoms with Gasteiger partial charge >= 0.3 is 14.9 Å². The second kappa shape index (κ2) is 12.1. The number of alkyl carbamates (subject to hydrolysis) is 1. The molecule has 6 nitrogen and oxygen atoms in total. The van der Waals surface area contributed by atoms with E-state index in [4.69, 9.17) is 18.0 Å². The monoisotopic (exact) mass is 307 g/mol. The normalized spacial score (nSPS) is 11.4. The largest absolute Gasteiger partial charge is 0.500 e. The van der Waals surface area contributed by atoms with Crippen LogP contribution in [0.2, 0.25) is 6.04 Å². The van der Waals surface area contributed by atoms with Gasteiger partial charge in [0, 0.05) is 32.4 Å². The Morgan fingerprint density at radius 3 is 2.00 bits per heavy atom. The Balaban J connectivity index is 4.08. The molecule has 0 heterocycles. The van der Waals surface area contributed by atoms with E-state index < -0.39 is 8.80 Å². The molecule has 1 amide bonds. The summed E-state index contributed by atoms with van der Waals surface area (Å²) in [6, 6.07) is 0.691. The summed E-state index contributed by atoms with van der Waals surface area (Å²) in [5, 5.41) is 2.71. The summed E-state index contributed by atoms with van der Waals surface area (Å²) in [5.41, 5.74) is 0. The van der Waals surface area contributed by atoms with Gasteiger partial charge in [-0.25, -0.2) is 4.79 Å². The van der Waals surface area contributed by atoms with Crippen molar-refractivity contribution in [1.82, 2.24) is 5.32 Å². The fourth-order valence-electron chi connectivity index (χ4n) is 1.74. The maximum absolute atomic E-state index is 11.3. The van der Waals surface area contributed by atoms with Crippen LogP contribution in [0, 0.1) is 0 Å². The van der Waals surface area contributed by atoms with Gasteiger partial charge in [0.15, 0.2) is 0 Å². The molecule has 0 aliphatic heterocycles. The molecule has 0 spiro atoms. The first-order valence-corrected chi connectivity index (χ1v) is 9.39. The summed E-state index contributed by atoms with van der Waals surface area (Å²) in [4.78, 5) is 11.3. The molecule has 0 radical (unpaired) electrons. The summed E-state index contributed by atoms with van der Waals surface area (Å²) in [6.07, 6.45) is 1.19. The second-order valence-electron chi connectivity index (χ2n) is 4.15. The number of hydrogen-bond acceptors (Lipinski definition) is 5. The van der Waals surface area contributed by atoms with Crippen molar-refractivity contribution >= 4 is 14.9 Å². The zero-order chi connectivity index (χ0) is 15.3. The van der Waals surface area contributed by atoms with Crippen molar-refractivity contribution in [2.75, 3.05) is 33.0 Å². The van der Waals surface area contributed by atoms with Crippen LogP contribution in [0.3, 0.4) is 0 Å². The van der Waals surface area contributed by atoms with E-state index in [2.05, 4.69) is 5.32 Å². The van der Waals surface area contributed by atoms with E-state index in [0.717, 1.165) is 12.8 Å². The molecule has 0 aliphatic rings. The van der Waals surface area contributed by atoms with Gasteiger partial charge < -0.3 is 23.3 Å². The van der Waals surface area contributed by atoms with E-state index in [1.807, 2.05) is 27.7 Å². The third-order valence-corrected chi connectivity index (χ3v) is 5.61. The van der Waals surface area contributed by atoms with Gasteiger partial charge in [0.25, 0.3) is 0 Å². The molecule has 0 aromatic rings. The van der Waals surface area contributed by atoms with E-state index in [9.17, 15) is 4.79 Å². The molecule has 0 fully saturated rings. The van der Waals surface area contributed by atoms with Crippen LogP contribution >= 0.6 is 0 Å². The van der Waals surface area contributed by atoms with Crippen LogP contribution in [0.1, 0.15) is 40.5 Å². The first-order chi connectivity index (χ1) is 9.64. The van der Waals surface area contributed by atoms with E-state index >= 15 is 0 Å². The number of hydrogen-bond donors (Lipinski definition) is 1. The van der Waals surface area contributed by atoms with Crippen molar-refractivity contribution in [2.45, 2.75) is 46.6 Å². The number of nitrogens with one attached hydrogen (secondary N) is 1. The minimum Gasteiger partial charge on any atom is -0.450 e. The second-order valence-corrected chi connectivity index (χ2v) is 6.88. The molecule has 0 aliphatic carbocycles. The van der Waals surface area contributed by atoms with Gasteiger partial charge in [-0.3, -0.25) is 0 Å². The van der Waals surface area contributed by atoms with Crippen LogP contribution in [0.5, 0.6) is 0 Å². The molecule has 0 saturated heterocycles. The van der Waals surface area contributed by atoms with Gasteiger partial charge in [0.1, 0.15) is 0 Å². The number of rotatable bonds is 12. The van der Waals surface area contributed by atoms with Crippen molar-refractivity contribution in [2.24, 2.45) is 0 Å². The number of carbonyl (C=O) groups is 1. The zero-order valence-corrected chi connectivity index (χ0v) is 14.2. The first kappa shape index (κ1) is 19.4. The van der Waals surface area contributed by atoms with Crippen LogP contribution < -0.4 is 5.32 Å². The molecular weight excluding hydrogens is 278 g/mol. The maximum Gasteiger partial charge on any atom is 0.500 e. The lowest BCUT2D eigenvalue weighted by atomic mass is 10.5. The van der Waals surface area contributed by atoms with Crippen molar-refractivity contribution in [1.29, 1.82) is 0 Å². The Kier molecular flexibility index (Phi) is 11.7. The zero-order valence-electron chi connectivity index (χ0n) is 13.2. The maximum atomic E-state index is 11.3. The highest BCUT2D eigenvalue weighted by molar-refractivity contribution is 6.60. The summed E-state index contributed by atoms with van der Waals surface area (Å²) in [7, 11) is -2.59. The van der Waals surface area contributed by atoms with Gasteiger partial charge in [-0.1, -0.05) is 6.92 Å². The first-order valence-electron chi connectivity index (χ1n) is 7.46. The lowest BCUT2D eigenvalue weighted by Crippen LogP contribution is -2.46. The predicted molar refractivity (Wildman–Crippen MR) is 79.7 cm³/mol. The van der Waals surface area contributed by atoms with Crippen LogP contribution in [0.4, 0.5) is 4.79 Å². The van der Waals surface area contributed by atoms with E-state index in [1.54, 1.807) is 0 Å². The Hall–Kier alpha value is -0.633. The smallest absolute Gasteiger partial charge is 0.450 e. The average molecular weight is 307 g/mol. The highest BCUT2D eigenvalue weighted by Crippen LogP contribution is 2.17. The molecule has 0 aromatic heterocycles. The van der Waals surface area contributed by atoms with Crippen molar-refractivity contribution in [3.63, 3.8) is 0 Å². The van der Waals surface area contributed by atoms with E-state index in [-0.39, 0.29) is 6.09 Å². The lowest BCUT2D eigenvalue weighted by Gasteiger charge is -2.28. The predicted octanol–water partition coefficient (Wildman–Crippen LogP) is 2.56. The highest BCUT2D eigenvalue weighted by atomic mass is 28.4. The van der Waals surface area contributed by atoms with Gasteiger partial charge in [0.05, 0.1) is 6.61 Å². The fraction of sp³-hybridized carbons (Fsp3) is 0.923. The highest BCUT2D eigenvalue weighted by Gasteiger charge is 2.39. The molecule has 0 aromatic carbocycles. The minimum absolute atomic E-state index is 0.372. The third-order valence-electron chi connectivity index (χ3n) is 2.46. The van der Waals surface area contributed by atoms with Gasteiger partial charge in [-0.2, -0.15) is 0 Å². The van der Waals surface area contributed by atoms with Crippen LogP contribution in [-0.2, 0) is 18.0 Å². The summed E-state index contributed by atoms with van der Waals surface area (Å²) >= 11 is 0. The van der Waals surface area contributed by atoms with Crippen molar-refractivity contribution in [3.05, 3.63) is 0 Å². The minimum atomic E-state index is -2.59. The molecule has 0 saturated carbocycles. The van der Waals surface area contributed by atoms with Gasteiger partial charge in [0.2, 0.25) is 0 Å². The molecule has 0 bridgehead atoms. The standard InChI is InChI=1S/C13H29NO5Si/c1-5-11-16-13(15)14-10-9-12-20(17-6-2,18-7-3)19-8-4/h5-12H2,1-4H3,(H,14,15). The summed E-state index contributed by atoms with van der Waals surface area (Å²) < 4.78 is 22.1.